The van der Waals surface area contributed by atoms with Crippen molar-refractivity contribution in [3.8, 4) is 5.75 Å². The van der Waals surface area contributed by atoms with Crippen LogP contribution in [0.2, 0.25) is 0 Å². The molecule has 0 amide bonds. The second-order valence-corrected chi connectivity index (χ2v) is 8.81. The summed E-state index contributed by atoms with van der Waals surface area (Å²) >= 11 is 0. The third-order valence-electron chi connectivity index (χ3n) is 5.43. The summed E-state index contributed by atoms with van der Waals surface area (Å²) in [6.45, 7) is 2.08. The van der Waals surface area contributed by atoms with E-state index in [0.29, 0.717) is 42.7 Å². The average Bonchev–Trinajstić information content (AvgIpc) is 3.43. The molecule has 2 aliphatic rings. The molecule has 0 N–H and O–H groups in total. The zero-order chi connectivity index (χ0) is 18.5. The van der Waals surface area contributed by atoms with Gasteiger partial charge >= 0.3 is 0 Å². The molecule has 2 aromatic carbocycles. The maximum Gasteiger partial charge on any atom is 0.244 e. The number of ether oxygens (including phenoxy) is 1. The zero-order valence-corrected chi connectivity index (χ0v) is 15.7. The van der Waals surface area contributed by atoms with E-state index in [-0.39, 0.29) is 10.7 Å². The summed E-state index contributed by atoms with van der Waals surface area (Å²) in [5, 5.41) is 0. The quantitative estimate of drug-likeness (QED) is 0.832. The Kier molecular flexibility index (Phi) is 3.93. The maximum atomic E-state index is 13.4. The number of sulfonamides is 1. The van der Waals surface area contributed by atoms with Gasteiger partial charge in [-0.05, 0) is 61.6 Å². The van der Waals surface area contributed by atoms with Crippen molar-refractivity contribution in [2.75, 3.05) is 13.7 Å². The van der Waals surface area contributed by atoms with E-state index in [4.69, 9.17) is 4.74 Å². The van der Waals surface area contributed by atoms with Gasteiger partial charge in [0.25, 0.3) is 0 Å². The summed E-state index contributed by atoms with van der Waals surface area (Å²) in [5.74, 6) is 0.585. The van der Waals surface area contributed by atoms with E-state index in [9.17, 15) is 13.2 Å². The molecule has 1 aliphatic carbocycles. The topological polar surface area (TPSA) is 63.7 Å². The molecule has 1 saturated carbocycles. The Bertz CT molecular complexity index is 993. The molecule has 26 heavy (non-hydrogen) atoms. The predicted octanol–water partition coefficient (Wildman–Crippen LogP) is 2.97. The van der Waals surface area contributed by atoms with Crippen molar-refractivity contribution >= 4 is 15.8 Å². The van der Waals surface area contributed by atoms with E-state index >= 15 is 0 Å². The highest BCUT2D eigenvalue weighted by Gasteiger charge is 2.59. The van der Waals surface area contributed by atoms with E-state index < -0.39 is 15.6 Å². The Balaban J connectivity index is 1.81. The van der Waals surface area contributed by atoms with Gasteiger partial charge in [0.2, 0.25) is 10.0 Å². The molecular formula is C20H21NO4S. The fourth-order valence-electron chi connectivity index (χ4n) is 3.84. The van der Waals surface area contributed by atoms with E-state index in [0.717, 1.165) is 5.56 Å². The van der Waals surface area contributed by atoms with Gasteiger partial charge in [0.05, 0.1) is 17.5 Å². The monoisotopic (exact) mass is 371 g/mol. The first kappa shape index (κ1) is 17.2. The second kappa shape index (κ2) is 5.93. The number of aryl methyl sites for hydroxylation is 1. The molecule has 0 saturated heterocycles. The number of rotatable bonds is 3. The highest BCUT2D eigenvalue weighted by Crippen LogP contribution is 2.49. The van der Waals surface area contributed by atoms with Crippen LogP contribution < -0.4 is 4.74 Å². The molecule has 1 heterocycles. The van der Waals surface area contributed by atoms with Crippen LogP contribution in [0.25, 0.3) is 0 Å². The number of nitrogens with zero attached hydrogens (tertiary/aromatic N) is 1. The Hall–Kier alpha value is -2.18. The molecule has 0 bridgehead atoms. The minimum atomic E-state index is -3.75. The Labute approximate surface area is 153 Å². The number of hydrogen-bond donors (Lipinski definition) is 0. The number of carbonyl (C=O) groups excluding carboxylic acids is 1. The number of ketones is 1. The number of benzene rings is 2. The van der Waals surface area contributed by atoms with Crippen LogP contribution in [0.5, 0.6) is 5.75 Å². The van der Waals surface area contributed by atoms with Crippen molar-refractivity contribution in [1.29, 1.82) is 0 Å². The minimum Gasteiger partial charge on any atom is -0.497 e. The van der Waals surface area contributed by atoms with E-state index in [1.165, 1.54) is 4.31 Å². The first-order valence-corrected chi connectivity index (χ1v) is 10.1. The van der Waals surface area contributed by atoms with E-state index in [1.54, 1.807) is 44.4 Å². The van der Waals surface area contributed by atoms with Crippen LogP contribution in [0.1, 0.15) is 34.3 Å². The average molecular weight is 371 g/mol. The van der Waals surface area contributed by atoms with Crippen LogP contribution in [0.15, 0.2) is 47.4 Å². The van der Waals surface area contributed by atoms with Crippen molar-refractivity contribution < 1.29 is 17.9 Å². The summed E-state index contributed by atoms with van der Waals surface area (Å²) in [7, 11) is -2.17. The third kappa shape index (κ3) is 2.47. The Morgan fingerprint density at radius 3 is 2.50 bits per heavy atom. The minimum absolute atomic E-state index is 0.0928. The third-order valence-corrected chi connectivity index (χ3v) is 7.55. The number of Topliss-reactive ketones (excluding diaryl/α,β-unsaturated/α-hetero) is 1. The SMILES string of the molecule is COc1ccc2c(c1)CCN(S(=O)(=O)c1ccccc1C)C1(CC1)C2=O. The second-order valence-electron chi connectivity index (χ2n) is 6.98. The highest BCUT2D eigenvalue weighted by molar-refractivity contribution is 7.89. The van der Waals surface area contributed by atoms with Gasteiger partial charge < -0.3 is 4.74 Å². The van der Waals surface area contributed by atoms with Gasteiger partial charge in [0.15, 0.2) is 5.78 Å². The molecule has 1 fully saturated rings. The van der Waals surface area contributed by atoms with Crippen molar-refractivity contribution in [2.45, 2.75) is 36.6 Å². The van der Waals surface area contributed by atoms with Gasteiger partial charge in [0.1, 0.15) is 5.75 Å². The van der Waals surface area contributed by atoms with Crippen LogP contribution in [-0.4, -0.2) is 37.7 Å². The fourth-order valence-corrected chi connectivity index (χ4v) is 5.86. The lowest BCUT2D eigenvalue weighted by atomic mass is 9.98. The number of carbonyl (C=O) groups is 1. The lowest BCUT2D eigenvalue weighted by Crippen LogP contribution is -2.46. The molecule has 4 rings (SSSR count). The summed E-state index contributed by atoms with van der Waals surface area (Å²) in [4.78, 5) is 13.5. The number of fused-ring (bicyclic) bond motifs is 1. The lowest BCUT2D eigenvalue weighted by Gasteiger charge is -2.28. The van der Waals surface area contributed by atoms with Gasteiger partial charge in [-0.1, -0.05) is 18.2 Å². The molecule has 1 spiro atoms. The summed E-state index contributed by atoms with van der Waals surface area (Å²) in [6, 6.07) is 12.3. The molecule has 6 heteroatoms. The van der Waals surface area contributed by atoms with Crippen LogP contribution in [0, 0.1) is 6.92 Å². The Morgan fingerprint density at radius 2 is 1.85 bits per heavy atom. The van der Waals surface area contributed by atoms with E-state index in [1.807, 2.05) is 12.1 Å². The normalized spacial score (nSPS) is 19.1. The molecule has 5 nitrogen and oxygen atoms in total. The Morgan fingerprint density at radius 1 is 1.12 bits per heavy atom. The zero-order valence-electron chi connectivity index (χ0n) is 14.9. The molecular weight excluding hydrogens is 350 g/mol. The standard InChI is InChI=1S/C20H21NO4S/c1-14-5-3-4-6-18(14)26(23,24)21-12-9-15-13-16(25-2)7-8-17(15)19(22)20(21)10-11-20/h3-8,13H,9-12H2,1-2H3. The summed E-state index contributed by atoms with van der Waals surface area (Å²) < 4.78 is 33.5. The van der Waals surface area contributed by atoms with Gasteiger partial charge in [0, 0.05) is 12.1 Å². The predicted molar refractivity (Wildman–Crippen MR) is 98.1 cm³/mol. The smallest absolute Gasteiger partial charge is 0.244 e. The van der Waals surface area contributed by atoms with Crippen molar-refractivity contribution in [1.82, 2.24) is 4.31 Å². The van der Waals surface area contributed by atoms with Crippen molar-refractivity contribution in [3.63, 3.8) is 0 Å². The first-order valence-electron chi connectivity index (χ1n) is 8.70. The number of hydrogen-bond acceptors (Lipinski definition) is 4. The maximum absolute atomic E-state index is 13.4. The van der Waals surface area contributed by atoms with Crippen molar-refractivity contribution in [2.24, 2.45) is 0 Å². The van der Waals surface area contributed by atoms with Crippen LogP contribution in [0.4, 0.5) is 0 Å². The summed E-state index contributed by atoms with van der Waals surface area (Å²) in [6.07, 6.45) is 1.63. The van der Waals surface area contributed by atoms with E-state index in [2.05, 4.69) is 0 Å². The van der Waals surface area contributed by atoms with Crippen molar-refractivity contribution in [3.05, 3.63) is 59.2 Å². The molecule has 0 atom stereocenters. The van der Waals surface area contributed by atoms with Gasteiger partial charge in [-0.3, -0.25) is 4.79 Å². The molecule has 0 aromatic heterocycles. The first-order chi connectivity index (χ1) is 12.4. The molecule has 136 valence electrons. The summed E-state index contributed by atoms with van der Waals surface area (Å²) in [5.41, 5.74) is 1.23. The van der Waals surface area contributed by atoms with Gasteiger partial charge in [-0.15, -0.1) is 0 Å². The lowest BCUT2D eigenvalue weighted by molar-refractivity contribution is 0.0880. The highest BCUT2D eigenvalue weighted by atomic mass is 32.2. The van der Waals surface area contributed by atoms with Crippen LogP contribution >= 0.6 is 0 Å². The van der Waals surface area contributed by atoms with Gasteiger partial charge in [-0.2, -0.15) is 4.31 Å². The molecule has 0 radical (unpaired) electrons. The molecule has 2 aromatic rings. The van der Waals surface area contributed by atoms with Crippen LogP contribution in [-0.2, 0) is 16.4 Å². The molecule has 1 aliphatic heterocycles. The molecule has 0 unspecified atom stereocenters. The van der Waals surface area contributed by atoms with Gasteiger partial charge in [-0.25, -0.2) is 8.42 Å². The van der Waals surface area contributed by atoms with Crippen LogP contribution in [0.3, 0.4) is 0 Å². The fraction of sp³-hybridized carbons (Fsp3) is 0.350. The number of methoxy groups -OCH3 is 1. The largest absolute Gasteiger partial charge is 0.497 e.